The number of hydrogen-bond acceptors (Lipinski definition) is 7. The minimum Gasteiger partial charge on any atom is -0.453 e. The van der Waals surface area contributed by atoms with Crippen molar-refractivity contribution < 1.29 is 14.6 Å². The summed E-state index contributed by atoms with van der Waals surface area (Å²) in [5.74, 6) is 0.546. The molecule has 0 unspecified atom stereocenters. The number of nitrogens with two attached hydrogens (primary N) is 1. The number of anilines is 2. The molecule has 0 aliphatic carbocycles. The van der Waals surface area contributed by atoms with Crippen LogP contribution >= 0.6 is 11.6 Å². The third kappa shape index (κ3) is 7.64. The number of nitrogens with zero attached hydrogens (tertiary/aromatic N) is 4. The Morgan fingerprint density at radius 2 is 1.85 bits per heavy atom. The fourth-order valence-corrected chi connectivity index (χ4v) is 3.43. The van der Waals surface area contributed by atoms with Gasteiger partial charge in [0.15, 0.2) is 0 Å². The maximum absolute atomic E-state index is 12.2. The van der Waals surface area contributed by atoms with E-state index in [1.807, 2.05) is 44.1 Å². The summed E-state index contributed by atoms with van der Waals surface area (Å²) in [6.07, 6.45) is 2.05. The van der Waals surface area contributed by atoms with Gasteiger partial charge in [-0.3, -0.25) is 9.36 Å². The largest absolute Gasteiger partial charge is 0.453 e. The van der Waals surface area contributed by atoms with E-state index in [4.69, 9.17) is 22.4 Å². The molecule has 1 aliphatic rings. The third-order valence-electron chi connectivity index (χ3n) is 4.96. The summed E-state index contributed by atoms with van der Waals surface area (Å²) < 4.78 is 6.06. The Labute approximate surface area is 200 Å². The first kappa shape index (κ1) is 28.3. The Balaban J connectivity index is 0.000000375. The number of carbonyl (C=O) groups excluding carboxylic acids is 1. The van der Waals surface area contributed by atoms with E-state index < -0.39 is 0 Å². The maximum Gasteiger partial charge on any atom is 0.409 e. The van der Waals surface area contributed by atoms with Crippen LogP contribution < -0.4 is 16.2 Å². The minimum absolute atomic E-state index is 0.182. The van der Waals surface area contributed by atoms with Crippen LogP contribution in [0.5, 0.6) is 0 Å². The predicted molar refractivity (Wildman–Crippen MR) is 134 cm³/mol. The van der Waals surface area contributed by atoms with Crippen LogP contribution in [-0.2, 0) is 11.3 Å². The molecule has 0 bridgehead atoms. The number of halogens is 1. The van der Waals surface area contributed by atoms with E-state index in [0.717, 1.165) is 37.2 Å². The zero-order chi connectivity index (χ0) is 25.1. The molecule has 3 rings (SSSR count). The second-order valence-electron chi connectivity index (χ2n) is 7.52. The van der Waals surface area contributed by atoms with Gasteiger partial charge in [0.05, 0.1) is 17.8 Å². The van der Waals surface area contributed by atoms with E-state index in [2.05, 4.69) is 9.72 Å². The number of aliphatic hydroxyl groups excluding tert-OH is 1. The molecule has 0 radical (unpaired) electrons. The van der Waals surface area contributed by atoms with E-state index in [1.54, 1.807) is 23.3 Å². The van der Waals surface area contributed by atoms with Crippen LogP contribution in [0.3, 0.4) is 0 Å². The number of carbonyl (C=O) groups is 1. The summed E-state index contributed by atoms with van der Waals surface area (Å²) in [7, 11) is 5.30. The van der Waals surface area contributed by atoms with Crippen LogP contribution in [0.1, 0.15) is 32.4 Å². The Hall–Kier alpha value is -2.78. The highest BCUT2D eigenvalue weighted by Gasteiger charge is 2.17. The van der Waals surface area contributed by atoms with Gasteiger partial charge in [0.25, 0.3) is 5.56 Å². The molecule has 1 aliphatic heterocycles. The topological polar surface area (TPSA) is 114 Å². The van der Waals surface area contributed by atoms with Crippen molar-refractivity contribution in [2.45, 2.75) is 40.2 Å². The van der Waals surface area contributed by atoms with Gasteiger partial charge < -0.3 is 25.4 Å². The van der Waals surface area contributed by atoms with Crippen LogP contribution in [0.2, 0.25) is 5.02 Å². The lowest BCUT2D eigenvalue weighted by Crippen LogP contribution is -2.27. The molecule has 0 atom stereocenters. The quantitative estimate of drug-likeness (QED) is 0.690. The molecule has 0 spiro atoms. The fraction of sp³-hybridized carbons (Fsp3) is 0.522. The van der Waals surface area contributed by atoms with Crippen molar-refractivity contribution in [1.82, 2.24) is 14.5 Å². The van der Waals surface area contributed by atoms with E-state index in [-0.39, 0.29) is 23.9 Å². The van der Waals surface area contributed by atoms with Crippen LogP contribution in [-0.4, -0.2) is 66.6 Å². The number of rotatable bonds is 3. The molecule has 1 saturated heterocycles. The van der Waals surface area contributed by atoms with Crippen molar-refractivity contribution in [2.75, 3.05) is 51.5 Å². The lowest BCUT2D eigenvalue weighted by Gasteiger charge is -2.16. The second-order valence-corrected chi connectivity index (χ2v) is 7.93. The van der Waals surface area contributed by atoms with Crippen LogP contribution in [0.25, 0.3) is 11.4 Å². The van der Waals surface area contributed by atoms with Crippen molar-refractivity contribution in [1.29, 1.82) is 0 Å². The molecular weight excluding hydrogens is 446 g/mol. The summed E-state index contributed by atoms with van der Waals surface area (Å²) in [5.41, 5.74) is 7.96. The molecule has 2 heterocycles. The smallest absolute Gasteiger partial charge is 0.409 e. The van der Waals surface area contributed by atoms with E-state index >= 15 is 0 Å². The highest BCUT2D eigenvalue weighted by atomic mass is 35.5. The summed E-state index contributed by atoms with van der Waals surface area (Å²) in [6, 6.07) is 5.68. The van der Waals surface area contributed by atoms with Crippen molar-refractivity contribution in [3.05, 3.63) is 39.3 Å². The lowest BCUT2D eigenvalue weighted by molar-refractivity contribution is 0.133. The number of aliphatic hydroxyl groups is 1. The summed E-state index contributed by atoms with van der Waals surface area (Å²) in [4.78, 5) is 31.1. The molecule has 2 aromatic rings. The number of nitrogen functional groups attached to an aromatic ring is 1. The van der Waals surface area contributed by atoms with Gasteiger partial charge in [0, 0.05) is 51.6 Å². The first-order valence-electron chi connectivity index (χ1n) is 10.9. The van der Waals surface area contributed by atoms with Gasteiger partial charge in [-0.1, -0.05) is 11.6 Å². The monoisotopic (exact) mass is 481 g/mol. The van der Waals surface area contributed by atoms with Crippen molar-refractivity contribution in [2.24, 2.45) is 0 Å². The Kier molecular flexibility index (Phi) is 11.7. The molecule has 10 heteroatoms. The third-order valence-corrected chi connectivity index (χ3v) is 5.27. The number of ether oxygens (including phenoxy) is 1. The first-order valence-corrected chi connectivity index (χ1v) is 11.3. The number of methoxy groups -OCH3 is 1. The number of hydrogen-bond donors (Lipinski definition) is 2. The van der Waals surface area contributed by atoms with E-state index in [9.17, 15) is 9.59 Å². The van der Waals surface area contributed by atoms with Gasteiger partial charge >= 0.3 is 6.09 Å². The van der Waals surface area contributed by atoms with Gasteiger partial charge in [-0.05, 0) is 51.8 Å². The summed E-state index contributed by atoms with van der Waals surface area (Å²) in [5, 5.41) is 8.12. The molecule has 9 nitrogen and oxygen atoms in total. The highest BCUT2D eigenvalue weighted by molar-refractivity contribution is 6.33. The minimum atomic E-state index is -0.229. The second kappa shape index (κ2) is 13.7. The zero-order valence-electron chi connectivity index (χ0n) is 20.4. The highest BCUT2D eigenvalue weighted by Crippen LogP contribution is 2.30. The number of aryl methyl sites for hydroxylation is 1. The number of likely N-dealkylation sites (tertiary alicyclic amines) is 1. The van der Waals surface area contributed by atoms with Gasteiger partial charge in [0.2, 0.25) is 0 Å². The molecule has 1 aromatic carbocycles. The normalized spacial score (nSPS) is 12.3. The summed E-state index contributed by atoms with van der Waals surface area (Å²) >= 11 is 6.37. The van der Waals surface area contributed by atoms with Gasteiger partial charge in [-0.25, -0.2) is 9.78 Å². The van der Waals surface area contributed by atoms with Crippen LogP contribution in [0.4, 0.5) is 16.2 Å². The van der Waals surface area contributed by atoms with E-state index in [0.29, 0.717) is 23.1 Å². The van der Waals surface area contributed by atoms with Gasteiger partial charge in [-0.2, -0.15) is 0 Å². The predicted octanol–water partition coefficient (Wildman–Crippen LogP) is 3.39. The Bertz CT molecular complexity index is 972. The van der Waals surface area contributed by atoms with Crippen LogP contribution in [0.15, 0.2) is 23.0 Å². The molecule has 184 valence electrons. The van der Waals surface area contributed by atoms with Crippen LogP contribution in [0, 0.1) is 6.92 Å². The standard InChI is InChI=1S/C15H19ClN4O.C6H11NO2.C2H6O/c1-5-20-14(18-9(2)13(17)15(20)21)11-7-6-10(19(3)4)8-12(11)16;1-9-6(8)7-4-2-3-5-7;1-2-3/h6-8H,5,17H2,1-4H3;2-5H2,1H3;3H,2H2,1H3. The molecular formula is C23H36ClN5O4. The maximum atomic E-state index is 12.2. The number of amides is 1. The average molecular weight is 482 g/mol. The Morgan fingerprint density at radius 3 is 2.30 bits per heavy atom. The molecule has 1 aromatic heterocycles. The fourth-order valence-electron chi connectivity index (χ4n) is 3.17. The lowest BCUT2D eigenvalue weighted by atomic mass is 10.1. The summed E-state index contributed by atoms with van der Waals surface area (Å²) in [6.45, 7) is 7.75. The first-order chi connectivity index (χ1) is 15.6. The zero-order valence-corrected chi connectivity index (χ0v) is 21.1. The molecule has 1 amide bonds. The van der Waals surface area contributed by atoms with Crippen molar-refractivity contribution >= 4 is 29.1 Å². The molecule has 0 saturated carbocycles. The van der Waals surface area contributed by atoms with Crippen molar-refractivity contribution in [3.63, 3.8) is 0 Å². The van der Waals surface area contributed by atoms with Gasteiger partial charge in [0.1, 0.15) is 11.5 Å². The molecule has 33 heavy (non-hydrogen) atoms. The average Bonchev–Trinajstić information content (AvgIpc) is 3.33. The van der Waals surface area contributed by atoms with Crippen molar-refractivity contribution in [3.8, 4) is 11.4 Å². The van der Waals surface area contributed by atoms with E-state index in [1.165, 1.54) is 7.11 Å². The van der Waals surface area contributed by atoms with Gasteiger partial charge in [-0.15, -0.1) is 0 Å². The number of benzene rings is 1. The SMILES string of the molecule is CCO.CCn1c(-c2ccc(N(C)C)cc2Cl)nc(C)c(N)c1=O.COC(=O)N1CCCC1. The number of aromatic nitrogens is 2. The molecule has 3 N–H and O–H groups in total. The Morgan fingerprint density at radius 1 is 1.27 bits per heavy atom. The molecule has 1 fully saturated rings.